The monoisotopic (exact) mass is 1150 g/mol. The van der Waals surface area contributed by atoms with Crippen molar-refractivity contribution in [2.75, 3.05) is 13.2 Å². The standard InChI is InChI=1S/C77H130O6/c1-4-7-10-13-16-19-22-25-28-31-34-36-37-38-39-41-43-46-49-52-55-58-61-64-67-70-76(79)82-73-74(72-81-75(78)69-66-63-60-57-54-51-48-45-42-33-30-27-24-21-18-15-12-9-6-3)83-77(80)71-68-65-62-59-56-53-50-47-44-40-35-32-29-26-23-20-17-14-11-8-5-2/h7,9-10,12,16,18-19,21,25,27-28,30,34,36,38-39,42,45,51,54,74H,4-6,8,11,13-15,17,20,22-24,26,29,31-33,35,37,40-41,43-44,46-50,52-53,55-73H2,1-3H3/b10-7-,12-9-,19-16-,21-18-,28-25-,30-27-,36-34-,39-38-,45-42-,54-51-. The number of esters is 3. The smallest absolute Gasteiger partial charge is 0.306 e. The van der Waals surface area contributed by atoms with Gasteiger partial charge in [0.2, 0.25) is 0 Å². The highest BCUT2D eigenvalue weighted by Gasteiger charge is 2.19. The van der Waals surface area contributed by atoms with Gasteiger partial charge in [0.15, 0.2) is 6.10 Å². The predicted octanol–water partition coefficient (Wildman–Crippen LogP) is 24.3. The molecule has 474 valence electrons. The van der Waals surface area contributed by atoms with Gasteiger partial charge in [-0.3, -0.25) is 14.4 Å². The minimum atomic E-state index is -0.798. The second kappa shape index (κ2) is 70.3. The Labute approximate surface area is 513 Å². The van der Waals surface area contributed by atoms with Gasteiger partial charge in [0.25, 0.3) is 0 Å². The van der Waals surface area contributed by atoms with Crippen LogP contribution in [0.2, 0.25) is 0 Å². The van der Waals surface area contributed by atoms with Gasteiger partial charge in [-0.1, -0.05) is 322 Å². The summed E-state index contributed by atoms with van der Waals surface area (Å²) in [5.41, 5.74) is 0. The number of hydrogen-bond acceptors (Lipinski definition) is 6. The van der Waals surface area contributed by atoms with Crippen LogP contribution < -0.4 is 0 Å². The number of ether oxygens (including phenoxy) is 3. The lowest BCUT2D eigenvalue weighted by Crippen LogP contribution is -2.30. The van der Waals surface area contributed by atoms with Gasteiger partial charge >= 0.3 is 17.9 Å². The first kappa shape index (κ1) is 78.8. The Kier molecular flexibility index (Phi) is 66.7. The van der Waals surface area contributed by atoms with Crippen LogP contribution in [0.15, 0.2) is 122 Å². The van der Waals surface area contributed by atoms with E-state index in [1.807, 2.05) is 0 Å². The van der Waals surface area contributed by atoms with Crippen LogP contribution in [0.4, 0.5) is 0 Å². The minimum absolute atomic E-state index is 0.0918. The van der Waals surface area contributed by atoms with Crippen molar-refractivity contribution in [2.24, 2.45) is 0 Å². The van der Waals surface area contributed by atoms with E-state index in [-0.39, 0.29) is 31.1 Å². The zero-order valence-electron chi connectivity index (χ0n) is 54.4. The number of allylic oxidation sites excluding steroid dienone is 20. The van der Waals surface area contributed by atoms with E-state index in [0.29, 0.717) is 19.3 Å². The molecule has 0 aromatic rings. The highest BCUT2D eigenvalue weighted by Crippen LogP contribution is 2.17. The number of rotatable bonds is 63. The molecule has 0 aliphatic heterocycles. The maximum Gasteiger partial charge on any atom is 0.306 e. The second-order valence-electron chi connectivity index (χ2n) is 23.0. The predicted molar refractivity (Wildman–Crippen MR) is 362 cm³/mol. The van der Waals surface area contributed by atoms with Crippen molar-refractivity contribution >= 4 is 17.9 Å². The molecule has 0 amide bonds. The van der Waals surface area contributed by atoms with Crippen molar-refractivity contribution in [3.8, 4) is 0 Å². The summed E-state index contributed by atoms with van der Waals surface area (Å²) in [7, 11) is 0. The van der Waals surface area contributed by atoms with Gasteiger partial charge in [0.05, 0.1) is 0 Å². The van der Waals surface area contributed by atoms with E-state index in [9.17, 15) is 14.4 Å². The Balaban J connectivity index is 4.42. The van der Waals surface area contributed by atoms with Gasteiger partial charge in [-0.2, -0.15) is 0 Å². The summed E-state index contributed by atoms with van der Waals surface area (Å²) in [5, 5.41) is 0. The number of unbranched alkanes of at least 4 members (excludes halogenated alkanes) is 32. The third kappa shape index (κ3) is 68.5. The van der Waals surface area contributed by atoms with Crippen molar-refractivity contribution in [1.82, 2.24) is 0 Å². The molecule has 1 unspecified atom stereocenters. The van der Waals surface area contributed by atoms with E-state index in [0.717, 1.165) is 135 Å². The second-order valence-corrected chi connectivity index (χ2v) is 23.0. The maximum atomic E-state index is 13.0. The molecule has 1 atom stereocenters. The molecule has 0 rings (SSSR count). The van der Waals surface area contributed by atoms with Gasteiger partial charge in [-0.15, -0.1) is 0 Å². The van der Waals surface area contributed by atoms with Crippen LogP contribution in [0.1, 0.15) is 329 Å². The van der Waals surface area contributed by atoms with Gasteiger partial charge in [0, 0.05) is 19.3 Å². The quantitative estimate of drug-likeness (QED) is 0.0261. The van der Waals surface area contributed by atoms with Gasteiger partial charge in [0.1, 0.15) is 13.2 Å². The minimum Gasteiger partial charge on any atom is -0.462 e. The summed E-state index contributed by atoms with van der Waals surface area (Å²) in [5.74, 6) is -0.917. The number of hydrogen-bond donors (Lipinski definition) is 0. The Morgan fingerprint density at radius 3 is 0.747 bits per heavy atom. The van der Waals surface area contributed by atoms with Crippen LogP contribution in [0.25, 0.3) is 0 Å². The Hall–Kier alpha value is -4.19. The fourth-order valence-corrected chi connectivity index (χ4v) is 9.79. The van der Waals surface area contributed by atoms with Crippen LogP contribution in [0, 0.1) is 0 Å². The highest BCUT2D eigenvalue weighted by molar-refractivity contribution is 5.71. The summed E-state index contributed by atoms with van der Waals surface area (Å²) in [4.78, 5) is 38.5. The zero-order chi connectivity index (χ0) is 59.9. The lowest BCUT2D eigenvalue weighted by atomic mass is 10.0. The van der Waals surface area contributed by atoms with Crippen LogP contribution in [-0.4, -0.2) is 37.2 Å². The molecule has 0 saturated heterocycles. The molecule has 6 heteroatoms. The van der Waals surface area contributed by atoms with E-state index in [1.165, 1.54) is 154 Å². The first-order valence-electron chi connectivity index (χ1n) is 35.0. The Morgan fingerprint density at radius 2 is 0.470 bits per heavy atom. The van der Waals surface area contributed by atoms with E-state index < -0.39 is 6.10 Å². The molecule has 0 aromatic heterocycles. The highest BCUT2D eigenvalue weighted by atomic mass is 16.6. The Morgan fingerprint density at radius 1 is 0.253 bits per heavy atom. The summed E-state index contributed by atoms with van der Waals surface area (Å²) < 4.78 is 17.0. The molecule has 83 heavy (non-hydrogen) atoms. The molecule has 0 radical (unpaired) electrons. The van der Waals surface area contributed by atoms with Crippen molar-refractivity contribution in [3.05, 3.63) is 122 Å². The largest absolute Gasteiger partial charge is 0.462 e. The third-order valence-corrected chi connectivity index (χ3v) is 15.0. The van der Waals surface area contributed by atoms with Crippen LogP contribution >= 0.6 is 0 Å². The third-order valence-electron chi connectivity index (χ3n) is 15.0. The molecule has 0 aromatic carbocycles. The van der Waals surface area contributed by atoms with Gasteiger partial charge in [-0.25, -0.2) is 0 Å². The first-order valence-corrected chi connectivity index (χ1v) is 35.0. The van der Waals surface area contributed by atoms with Crippen molar-refractivity contribution < 1.29 is 28.6 Å². The molecule has 0 bridgehead atoms. The molecule has 0 spiro atoms. The molecule has 0 heterocycles. The van der Waals surface area contributed by atoms with Gasteiger partial charge < -0.3 is 14.2 Å². The zero-order valence-corrected chi connectivity index (χ0v) is 54.4. The van der Waals surface area contributed by atoms with Crippen LogP contribution in [0.3, 0.4) is 0 Å². The Bertz CT molecular complexity index is 1700. The van der Waals surface area contributed by atoms with Crippen molar-refractivity contribution in [3.63, 3.8) is 0 Å². The fourth-order valence-electron chi connectivity index (χ4n) is 9.79. The molecule has 0 N–H and O–H groups in total. The van der Waals surface area contributed by atoms with Gasteiger partial charge in [-0.05, 0) is 109 Å². The summed E-state index contributed by atoms with van der Waals surface area (Å²) in [6.07, 6.45) is 97.9. The van der Waals surface area contributed by atoms with E-state index in [4.69, 9.17) is 14.2 Å². The average molecular weight is 1150 g/mol. The molecule has 6 nitrogen and oxygen atoms in total. The molecule has 0 fully saturated rings. The van der Waals surface area contributed by atoms with E-state index in [2.05, 4.69) is 142 Å². The molecular weight excluding hydrogens is 1020 g/mol. The molecule has 0 aliphatic rings. The lowest BCUT2D eigenvalue weighted by molar-refractivity contribution is -0.167. The molecule has 0 aliphatic carbocycles. The molecule has 0 saturated carbocycles. The summed E-state index contributed by atoms with van der Waals surface area (Å²) in [6, 6.07) is 0. The number of carbonyl (C=O) groups is 3. The van der Waals surface area contributed by atoms with E-state index in [1.54, 1.807) is 0 Å². The SMILES string of the molecule is CC/C=C\C/C=C\C/C=C\C/C=C\C/C=C\CCCCCCCCCCCC(=O)OCC(COC(=O)CCCCC/C=C\C/C=C\C/C=C\C/C=C\C/C=C\CC)OC(=O)CCCCCCCCCCCCCCCCCCCCCCC. The summed E-state index contributed by atoms with van der Waals surface area (Å²) >= 11 is 0. The topological polar surface area (TPSA) is 78.9 Å². The number of carbonyl (C=O) groups excluding carboxylic acids is 3. The van der Waals surface area contributed by atoms with Crippen LogP contribution in [0.5, 0.6) is 0 Å². The van der Waals surface area contributed by atoms with Crippen molar-refractivity contribution in [2.45, 2.75) is 335 Å². The van der Waals surface area contributed by atoms with Crippen LogP contribution in [-0.2, 0) is 28.6 Å². The molecular formula is C77H130O6. The van der Waals surface area contributed by atoms with Crippen molar-refractivity contribution in [1.29, 1.82) is 0 Å². The fraction of sp³-hybridized carbons (Fsp3) is 0.701. The van der Waals surface area contributed by atoms with E-state index >= 15 is 0 Å². The lowest BCUT2D eigenvalue weighted by Gasteiger charge is -2.18. The maximum absolute atomic E-state index is 13.0. The summed E-state index contributed by atoms with van der Waals surface area (Å²) in [6.45, 7) is 6.42. The average Bonchev–Trinajstić information content (AvgIpc) is 3.50. The first-order chi connectivity index (χ1) is 41.0. The normalized spacial score (nSPS) is 12.9.